The number of nitriles is 2. The van der Waals surface area contributed by atoms with Gasteiger partial charge in [0.2, 0.25) is 0 Å². The van der Waals surface area contributed by atoms with Crippen LogP contribution in [0.4, 0.5) is 0 Å². The Labute approximate surface area is 204 Å². The van der Waals surface area contributed by atoms with Crippen molar-refractivity contribution in [1.82, 2.24) is 5.32 Å². The Morgan fingerprint density at radius 1 is 0.875 bits per heavy atom. The van der Waals surface area contributed by atoms with Crippen LogP contribution in [0, 0.1) is 22.7 Å². The highest BCUT2D eigenvalue weighted by atomic mass is 35.5. The Morgan fingerprint density at radius 3 is 2.28 bits per heavy atom. The van der Waals surface area contributed by atoms with E-state index in [9.17, 15) is 10.5 Å². The fourth-order valence-electron chi connectivity index (χ4n) is 3.82. The quantitative estimate of drug-likeness (QED) is 0.362. The summed E-state index contributed by atoms with van der Waals surface area (Å²) < 4.78 is 0. The average molecular weight is 483 g/mol. The Hall–Kier alpha value is -2.53. The number of hydrogen-bond acceptors (Lipinski definition) is 3. The Kier molecular flexibility index (Phi) is 8.57. The van der Waals surface area contributed by atoms with Crippen LogP contribution in [0.5, 0.6) is 0 Å². The maximum absolute atomic E-state index is 9.42. The molecular formula is C26H22Cl3N3. The number of nitrogens with zero attached hydrogens (tertiary/aromatic N) is 2. The summed E-state index contributed by atoms with van der Waals surface area (Å²) in [4.78, 5) is 0. The van der Waals surface area contributed by atoms with Gasteiger partial charge >= 0.3 is 0 Å². The molecule has 0 heterocycles. The van der Waals surface area contributed by atoms with Crippen molar-refractivity contribution in [3.8, 4) is 12.1 Å². The summed E-state index contributed by atoms with van der Waals surface area (Å²) in [6.45, 7) is 2.10. The molecule has 0 spiro atoms. The van der Waals surface area contributed by atoms with Crippen molar-refractivity contribution in [3.05, 3.63) is 104 Å². The van der Waals surface area contributed by atoms with Crippen LogP contribution in [-0.4, -0.2) is 6.04 Å². The van der Waals surface area contributed by atoms with E-state index in [1.807, 2.05) is 48.5 Å². The van der Waals surface area contributed by atoms with Crippen LogP contribution >= 0.6 is 34.8 Å². The van der Waals surface area contributed by atoms with Crippen molar-refractivity contribution in [3.63, 3.8) is 0 Å². The third-order valence-electron chi connectivity index (χ3n) is 5.52. The zero-order valence-electron chi connectivity index (χ0n) is 17.5. The number of rotatable bonds is 8. The minimum absolute atomic E-state index is 0.00701. The molecule has 0 aromatic heterocycles. The molecule has 3 nitrogen and oxygen atoms in total. The largest absolute Gasteiger partial charge is 0.306 e. The van der Waals surface area contributed by atoms with Crippen LogP contribution in [0.25, 0.3) is 0 Å². The molecule has 1 N–H and O–H groups in total. The Bertz CT molecular complexity index is 1150. The molecule has 0 saturated carbocycles. The van der Waals surface area contributed by atoms with Gasteiger partial charge in [-0.2, -0.15) is 10.5 Å². The molecule has 162 valence electrons. The van der Waals surface area contributed by atoms with E-state index in [1.165, 1.54) is 0 Å². The molecule has 0 aliphatic carbocycles. The van der Waals surface area contributed by atoms with Gasteiger partial charge in [-0.15, -0.1) is 0 Å². The van der Waals surface area contributed by atoms with Gasteiger partial charge in [0.15, 0.2) is 0 Å². The summed E-state index contributed by atoms with van der Waals surface area (Å²) in [6, 6.07) is 25.2. The number of nitrogens with one attached hydrogen (secondary N) is 1. The molecule has 3 rings (SSSR count). The molecule has 0 saturated heterocycles. The van der Waals surface area contributed by atoms with Gasteiger partial charge in [0.1, 0.15) is 0 Å². The van der Waals surface area contributed by atoms with Gasteiger partial charge in [0, 0.05) is 23.0 Å². The average Bonchev–Trinajstić information content (AvgIpc) is 2.80. The van der Waals surface area contributed by atoms with E-state index in [0.717, 1.165) is 23.1 Å². The summed E-state index contributed by atoms with van der Waals surface area (Å²) in [7, 11) is 0. The van der Waals surface area contributed by atoms with Crippen LogP contribution < -0.4 is 5.32 Å². The van der Waals surface area contributed by atoms with Crippen LogP contribution in [0.3, 0.4) is 0 Å². The fourth-order valence-corrected chi connectivity index (χ4v) is 4.26. The monoisotopic (exact) mass is 481 g/mol. The molecule has 3 aromatic carbocycles. The Morgan fingerprint density at radius 2 is 1.62 bits per heavy atom. The van der Waals surface area contributed by atoms with E-state index in [2.05, 4.69) is 24.4 Å². The molecule has 0 fully saturated rings. The molecule has 3 aromatic rings. The molecule has 3 atom stereocenters. The molecule has 0 bridgehead atoms. The minimum atomic E-state index is -0.211. The predicted molar refractivity (Wildman–Crippen MR) is 131 cm³/mol. The van der Waals surface area contributed by atoms with E-state index in [4.69, 9.17) is 34.8 Å². The van der Waals surface area contributed by atoms with Crippen molar-refractivity contribution in [2.75, 3.05) is 0 Å². The molecule has 6 heteroatoms. The highest BCUT2D eigenvalue weighted by molar-refractivity contribution is 6.42. The van der Waals surface area contributed by atoms with Gasteiger partial charge in [-0.25, -0.2) is 0 Å². The SMILES string of the molecule is C[C@H](NC(CC#N)c1ccc(Cl)c(Cl)c1)[C@@H](Cc1ccc(Cl)cc1)c1cccc(C#N)c1. The number of hydrogen-bond donors (Lipinski definition) is 1. The lowest BCUT2D eigenvalue weighted by atomic mass is 9.85. The first-order valence-corrected chi connectivity index (χ1v) is 11.4. The maximum atomic E-state index is 9.42. The minimum Gasteiger partial charge on any atom is -0.306 e. The molecule has 32 heavy (non-hydrogen) atoms. The molecule has 0 aliphatic rings. The first-order chi connectivity index (χ1) is 15.4. The fraction of sp³-hybridized carbons (Fsp3) is 0.231. The third kappa shape index (κ3) is 6.26. The van der Waals surface area contributed by atoms with Crippen molar-refractivity contribution in [2.24, 2.45) is 0 Å². The third-order valence-corrected chi connectivity index (χ3v) is 6.51. The van der Waals surface area contributed by atoms with Crippen molar-refractivity contribution >= 4 is 34.8 Å². The lowest BCUT2D eigenvalue weighted by molar-refractivity contribution is 0.401. The summed E-state index contributed by atoms with van der Waals surface area (Å²) in [5.74, 6) is 0.0634. The van der Waals surface area contributed by atoms with Gasteiger partial charge in [0.25, 0.3) is 0 Å². The second-order valence-electron chi connectivity index (χ2n) is 7.72. The van der Waals surface area contributed by atoms with Crippen LogP contribution in [0.2, 0.25) is 15.1 Å². The predicted octanol–water partition coefficient (Wildman–Crippen LogP) is 7.48. The number of benzene rings is 3. The highest BCUT2D eigenvalue weighted by Gasteiger charge is 2.24. The highest BCUT2D eigenvalue weighted by Crippen LogP contribution is 2.31. The van der Waals surface area contributed by atoms with Crippen LogP contribution in [-0.2, 0) is 6.42 Å². The molecular weight excluding hydrogens is 461 g/mol. The summed E-state index contributed by atoms with van der Waals surface area (Å²) in [5.41, 5.74) is 3.73. The van der Waals surface area contributed by atoms with E-state index in [0.29, 0.717) is 20.6 Å². The van der Waals surface area contributed by atoms with Gasteiger partial charge in [0.05, 0.1) is 34.2 Å². The summed E-state index contributed by atoms with van der Waals surface area (Å²) >= 11 is 18.4. The van der Waals surface area contributed by atoms with Gasteiger partial charge in [-0.3, -0.25) is 0 Å². The van der Waals surface area contributed by atoms with Crippen LogP contribution in [0.15, 0.2) is 66.7 Å². The second-order valence-corrected chi connectivity index (χ2v) is 8.97. The van der Waals surface area contributed by atoms with Gasteiger partial charge in [-0.1, -0.05) is 65.1 Å². The smallest absolute Gasteiger partial charge is 0.0991 e. The van der Waals surface area contributed by atoms with E-state index in [1.54, 1.807) is 18.2 Å². The van der Waals surface area contributed by atoms with Crippen molar-refractivity contribution < 1.29 is 0 Å². The standard InChI is InChI=1S/C26H22Cl3N3/c1-17(32-26(11-12-30)21-7-10-24(28)25(29)15-21)23(14-18-5-8-22(27)9-6-18)20-4-2-3-19(13-20)16-31/h2-10,13,15,17,23,26,32H,11,14H2,1H3/t17-,23+,26?/m0/s1. The second kappa shape index (κ2) is 11.4. The van der Waals surface area contributed by atoms with E-state index in [-0.39, 0.29) is 24.4 Å². The van der Waals surface area contributed by atoms with Crippen LogP contribution in [0.1, 0.15) is 47.6 Å². The molecule has 0 amide bonds. The van der Waals surface area contributed by atoms with Crippen molar-refractivity contribution in [1.29, 1.82) is 10.5 Å². The maximum Gasteiger partial charge on any atom is 0.0991 e. The molecule has 0 radical (unpaired) electrons. The zero-order chi connectivity index (χ0) is 23.1. The first-order valence-electron chi connectivity index (χ1n) is 10.2. The number of halogens is 3. The van der Waals surface area contributed by atoms with Gasteiger partial charge < -0.3 is 5.32 Å². The summed E-state index contributed by atoms with van der Waals surface area (Å²) in [6.07, 6.45) is 1.04. The lowest BCUT2D eigenvalue weighted by Crippen LogP contribution is -2.36. The summed E-state index contributed by atoms with van der Waals surface area (Å²) in [5, 5.41) is 24.0. The Balaban J connectivity index is 1.92. The zero-order valence-corrected chi connectivity index (χ0v) is 19.8. The molecule has 0 aliphatic heterocycles. The van der Waals surface area contributed by atoms with Crippen molar-refractivity contribution in [2.45, 2.75) is 37.8 Å². The van der Waals surface area contributed by atoms with E-state index >= 15 is 0 Å². The molecule has 1 unspecified atom stereocenters. The lowest BCUT2D eigenvalue weighted by Gasteiger charge is -2.30. The normalized spacial score (nSPS) is 13.6. The topological polar surface area (TPSA) is 59.6 Å². The first kappa shape index (κ1) is 24.1. The van der Waals surface area contributed by atoms with Gasteiger partial charge in [-0.05, 0) is 66.4 Å². The van der Waals surface area contributed by atoms with E-state index < -0.39 is 0 Å².